The van der Waals surface area contributed by atoms with Crippen molar-refractivity contribution in [2.24, 2.45) is 5.92 Å². The molecule has 0 aliphatic carbocycles. The maximum atomic E-state index is 12.3. The van der Waals surface area contributed by atoms with E-state index in [4.69, 9.17) is 4.74 Å². The third kappa shape index (κ3) is 2.91. The molecule has 0 saturated carbocycles. The van der Waals surface area contributed by atoms with E-state index in [0.29, 0.717) is 13.2 Å². The van der Waals surface area contributed by atoms with Crippen molar-refractivity contribution in [3.63, 3.8) is 0 Å². The first-order chi connectivity index (χ1) is 10.3. The molecule has 21 heavy (non-hydrogen) atoms. The highest BCUT2D eigenvalue weighted by Crippen LogP contribution is 2.26. The number of nitrogens with zero attached hydrogens (tertiary/aromatic N) is 2. The van der Waals surface area contributed by atoms with E-state index in [1.165, 1.54) is 0 Å². The molecule has 0 bridgehead atoms. The Bertz CT molecular complexity index is 636. The second kappa shape index (κ2) is 5.99. The third-order valence-electron chi connectivity index (χ3n) is 3.83. The minimum atomic E-state index is -0.127. The van der Waals surface area contributed by atoms with Crippen LogP contribution in [-0.4, -0.2) is 22.1 Å². The smallest absolute Gasteiger partial charge is 0.227 e. The lowest BCUT2D eigenvalue weighted by Crippen LogP contribution is -2.37. The molecular formula is C16H19N3O2. The summed E-state index contributed by atoms with van der Waals surface area (Å²) in [6.45, 7) is 3.85. The van der Waals surface area contributed by atoms with E-state index in [1.54, 1.807) is 12.5 Å². The zero-order chi connectivity index (χ0) is 14.7. The summed E-state index contributed by atoms with van der Waals surface area (Å²) < 4.78 is 7.68. The van der Waals surface area contributed by atoms with Crippen LogP contribution in [0.4, 0.5) is 0 Å². The molecule has 0 saturated heterocycles. The number of fused-ring (bicyclic) bond motifs is 1. The van der Waals surface area contributed by atoms with Crippen molar-refractivity contribution in [2.45, 2.75) is 26.4 Å². The van der Waals surface area contributed by atoms with Crippen molar-refractivity contribution in [1.82, 2.24) is 14.9 Å². The number of rotatable bonds is 4. The molecule has 3 rings (SSSR count). The molecule has 2 aromatic rings. The number of imidazole rings is 1. The predicted octanol–water partition coefficient (Wildman–Crippen LogP) is 1.77. The lowest BCUT2D eigenvalue weighted by atomic mass is 9.96. The van der Waals surface area contributed by atoms with E-state index in [2.05, 4.69) is 17.2 Å². The van der Waals surface area contributed by atoms with Crippen LogP contribution in [0.5, 0.6) is 5.75 Å². The Labute approximate surface area is 124 Å². The number of carbonyl (C=O) groups is 1. The summed E-state index contributed by atoms with van der Waals surface area (Å²) in [5.74, 6) is 0.803. The van der Waals surface area contributed by atoms with Gasteiger partial charge in [0, 0.05) is 12.7 Å². The van der Waals surface area contributed by atoms with Gasteiger partial charge in [-0.25, -0.2) is 4.98 Å². The van der Waals surface area contributed by atoms with Gasteiger partial charge in [-0.1, -0.05) is 18.2 Å². The van der Waals surface area contributed by atoms with Gasteiger partial charge in [0.2, 0.25) is 5.91 Å². The predicted molar refractivity (Wildman–Crippen MR) is 78.9 cm³/mol. The normalized spacial score (nSPS) is 16.9. The summed E-state index contributed by atoms with van der Waals surface area (Å²) >= 11 is 0. The second-order valence-corrected chi connectivity index (χ2v) is 5.21. The van der Waals surface area contributed by atoms with Crippen LogP contribution in [0.1, 0.15) is 18.2 Å². The number of amides is 1. The van der Waals surface area contributed by atoms with Gasteiger partial charge in [-0.15, -0.1) is 0 Å². The second-order valence-electron chi connectivity index (χ2n) is 5.21. The fraction of sp³-hybridized carbons (Fsp3) is 0.375. The molecule has 1 N–H and O–H groups in total. The zero-order valence-electron chi connectivity index (χ0n) is 12.1. The number of carbonyl (C=O) groups excluding carboxylic acids is 1. The SMILES string of the molecule is CCn1cncc1CNC(=O)[C@@H]1COc2ccccc2C1. The van der Waals surface area contributed by atoms with Crippen LogP contribution < -0.4 is 10.1 Å². The van der Waals surface area contributed by atoms with E-state index >= 15 is 0 Å². The Morgan fingerprint density at radius 3 is 3.19 bits per heavy atom. The zero-order valence-corrected chi connectivity index (χ0v) is 12.1. The Balaban J connectivity index is 1.60. The fourth-order valence-electron chi connectivity index (χ4n) is 2.60. The first kappa shape index (κ1) is 13.7. The number of aryl methyl sites for hydroxylation is 1. The molecule has 0 spiro atoms. The first-order valence-electron chi connectivity index (χ1n) is 7.25. The monoisotopic (exact) mass is 285 g/mol. The number of benzene rings is 1. The van der Waals surface area contributed by atoms with Crippen LogP contribution in [0.2, 0.25) is 0 Å². The highest BCUT2D eigenvalue weighted by atomic mass is 16.5. The van der Waals surface area contributed by atoms with E-state index in [0.717, 1.165) is 30.0 Å². The van der Waals surface area contributed by atoms with Gasteiger partial charge >= 0.3 is 0 Å². The fourth-order valence-corrected chi connectivity index (χ4v) is 2.60. The lowest BCUT2D eigenvalue weighted by molar-refractivity contribution is -0.126. The summed E-state index contributed by atoms with van der Waals surface area (Å²) in [7, 11) is 0. The van der Waals surface area contributed by atoms with E-state index in [-0.39, 0.29) is 11.8 Å². The minimum Gasteiger partial charge on any atom is -0.492 e. The summed E-state index contributed by atoms with van der Waals surface area (Å²) in [4.78, 5) is 16.4. The van der Waals surface area contributed by atoms with Crippen LogP contribution in [-0.2, 0) is 24.3 Å². The number of hydrogen-bond donors (Lipinski definition) is 1. The van der Waals surface area contributed by atoms with Crippen molar-refractivity contribution in [3.8, 4) is 5.75 Å². The van der Waals surface area contributed by atoms with Crippen LogP contribution in [0.15, 0.2) is 36.8 Å². The number of hydrogen-bond acceptors (Lipinski definition) is 3. The molecule has 1 aromatic carbocycles. The highest BCUT2D eigenvalue weighted by molar-refractivity contribution is 5.79. The average molecular weight is 285 g/mol. The molecule has 110 valence electrons. The van der Waals surface area contributed by atoms with Crippen LogP contribution in [0, 0.1) is 5.92 Å². The van der Waals surface area contributed by atoms with Gasteiger partial charge in [0.1, 0.15) is 12.4 Å². The number of aromatic nitrogens is 2. The summed E-state index contributed by atoms with van der Waals surface area (Å²) in [5.41, 5.74) is 2.12. The molecule has 1 aliphatic rings. The van der Waals surface area contributed by atoms with Gasteiger partial charge in [0.25, 0.3) is 0 Å². The van der Waals surface area contributed by atoms with Crippen LogP contribution in [0.25, 0.3) is 0 Å². The summed E-state index contributed by atoms with van der Waals surface area (Å²) in [5, 5.41) is 2.98. The summed E-state index contributed by atoms with van der Waals surface area (Å²) in [6.07, 6.45) is 4.30. The molecule has 1 aromatic heterocycles. The molecule has 5 nitrogen and oxygen atoms in total. The molecule has 1 atom stereocenters. The van der Waals surface area contributed by atoms with Crippen molar-refractivity contribution in [3.05, 3.63) is 48.0 Å². The van der Waals surface area contributed by atoms with Crippen molar-refractivity contribution < 1.29 is 9.53 Å². The van der Waals surface area contributed by atoms with E-state index < -0.39 is 0 Å². The van der Waals surface area contributed by atoms with Crippen LogP contribution in [0.3, 0.4) is 0 Å². The maximum Gasteiger partial charge on any atom is 0.227 e. The number of para-hydroxylation sites is 1. The molecular weight excluding hydrogens is 266 g/mol. The standard InChI is InChI=1S/C16H19N3O2/c1-2-19-11-17-8-14(19)9-18-16(20)13-7-12-5-3-4-6-15(12)21-10-13/h3-6,8,11,13H,2,7,9-10H2,1H3,(H,18,20)/t13-/m0/s1. The average Bonchev–Trinajstić information content (AvgIpc) is 2.99. The van der Waals surface area contributed by atoms with Gasteiger partial charge in [-0.2, -0.15) is 0 Å². The molecule has 0 fully saturated rings. The highest BCUT2D eigenvalue weighted by Gasteiger charge is 2.25. The van der Waals surface area contributed by atoms with Crippen LogP contribution >= 0.6 is 0 Å². The first-order valence-corrected chi connectivity index (χ1v) is 7.25. The van der Waals surface area contributed by atoms with Gasteiger partial charge in [0.15, 0.2) is 0 Å². The molecule has 1 aliphatic heterocycles. The van der Waals surface area contributed by atoms with Gasteiger partial charge in [-0.05, 0) is 25.0 Å². The molecule has 0 unspecified atom stereocenters. The van der Waals surface area contributed by atoms with Gasteiger partial charge in [-0.3, -0.25) is 4.79 Å². The Hall–Kier alpha value is -2.30. The molecule has 5 heteroatoms. The largest absolute Gasteiger partial charge is 0.492 e. The van der Waals surface area contributed by atoms with E-state index in [1.807, 2.05) is 28.8 Å². The number of ether oxygens (including phenoxy) is 1. The Morgan fingerprint density at radius 1 is 1.48 bits per heavy atom. The quantitative estimate of drug-likeness (QED) is 0.931. The summed E-state index contributed by atoms with van der Waals surface area (Å²) in [6, 6.07) is 7.89. The van der Waals surface area contributed by atoms with Crippen molar-refractivity contribution >= 4 is 5.91 Å². The number of nitrogens with one attached hydrogen (secondary N) is 1. The molecule has 0 radical (unpaired) electrons. The van der Waals surface area contributed by atoms with E-state index in [9.17, 15) is 4.79 Å². The lowest BCUT2D eigenvalue weighted by Gasteiger charge is -2.24. The molecule has 2 heterocycles. The Kier molecular flexibility index (Phi) is 3.90. The molecule has 1 amide bonds. The maximum absolute atomic E-state index is 12.3. The minimum absolute atomic E-state index is 0.0355. The Morgan fingerprint density at radius 2 is 2.33 bits per heavy atom. The topological polar surface area (TPSA) is 56.2 Å². The van der Waals surface area contributed by atoms with Gasteiger partial charge < -0.3 is 14.6 Å². The third-order valence-corrected chi connectivity index (χ3v) is 3.83. The van der Waals surface area contributed by atoms with Gasteiger partial charge in [0.05, 0.1) is 24.5 Å². The van der Waals surface area contributed by atoms with Crippen molar-refractivity contribution in [1.29, 1.82) is 0 Å². The van der Waals surface area contributed by atoms with Crippen molar-refractivity contribution in [2.75, 3.05) is 6.61 Å².